The lowest BCUT2D eigenvalue weighted by Gasteiger charge is -1.99. The molecule has 8 heteroatoms. The van der Waals surface area contributed by atoms with Crippen LogP contribution < -0.4 is 0 Å². The number of nitro groups is 1. The molecule has 1 N–H and O–H groups in total. The summed E-state index contributed by atoms with van der Waals surface area (Å²) in [5, 5.41) is 23.1. The number of nitrogens with zero attached hydrogens (tertiary/aromatic N) is 3. The van der Waals surface area contributed by atoms with Gasteiger partial charge in [0.15, 0.2) is 0 Å². The van der Waals surface area contributed by atoms with Crippen molar-refractivity contribution in [3.63, 3.8) is 0 Å². The van der Waals surface area contributed by atoms with Crippen molar-refractivity contribution in [2.45, 2.75) is 26.8 Å². The minimum Gasteiger partial charge on any atom is -0.480 e. The predicted octanol–water partition coefficient (Wildman–Crippen LogP) is 1.73. The molecule has 1 aromatic heterocycles. The highest BCUT2D eigenvalue weighted by Gasteiger charge is 2.27. The van der Waals surface area contributed by atoms with Crippen molar-refractivity contribution in [2.75, 3.05) is 0 Å². The van der Waals surface area contributed by atoms with Crippen molar-refractivity contribution < 1.29 is 14.8 Å². The molecule has 1 rings (SSSR count). The van der Waals surface area contributed by atoms with Gasteiger partial charge in [0, 0.05) is 6.42 Å². The minimum atomic E-state index is -1.15. The Bertz CT molecular complexity index is 455. The van der Waals surface area contributed by atoms with Crippen molar-refractivity contribution >= 4 is 23.3 Å². The highest BCUT2D eigenvalue weighted by molar-refractivity contribution is 6.31. The number of carboxylic acid groups (broad SMARTS) is 1. The quantitative estimate of drug-likeness (QED) is 0.643. The lowest BCUT2D eigenvalue weighted by atomic mass is 10.1. The zero-order valence-corrected chi connectivity index (χ0v) is 10.1. The Kier molecular flexibility index (Phi) is 4.06. The molecule has 0 aliphatic heterocycles. The van der Waals surface area contributed by atoms with Gasteiger partial charge in [-0.2, -0.15) is 5.10 Å². The molecular weight excluding hydrogens is 250 g/mol. The summed E-state index contributed by atoms with van der Waals surface area (Å²) >= 11 is 5.75. The average Bonchev–Trinajstić information content (AvgIpc) is 2.40. The van der Waals surface area contributed by atoms with Gasteiger partial charge in [-0.25, -0.2) is 4.68 Å². The van der Waals surface area contributed by atoms with Gasteiger partial charge < -0.3 is 5.11 Å². The van der Waals surface area contributed by atoms with Crippen LogP contribution in [0.5, 0.6) is 0 Å². The summed E-state index contributed by atoms with van der Waals surface area (Å²) in [5.41, 5.74) is -0.0853. The van der Waals surface area contributed by atoms with Gasteiger partial charge in [0.1, 0.15) is 12.2 Å². The largest absolute Gasteiger partial charge is 0.480 e. The fourth-order valence-corrected chi connectivity index (χ4v) is 1.69. The number of hydrogen-bond acceptors (Lipinski definition) is 4. The van der Waals surface area contributed by atoms with Crippen LogP contribution in [0.25, 0.3) is 0 Å². The molecule has 0 atom stereocenters. The van der Waals surface area contributed by atoms with E-state index < -0.39 is 17.4 Å². The van der Waals surface area contributed by atoms with Crippen molar-refractivity contribution in [1.82, 2.24) is 9.78 Å². The van der Waals surface area contributed by atoms with E-state index in [1.807, 2.05) is 13.8 Å². The number of carboxylic acids is 1. The molecule has 0 aliphatic carbocycles. The molecule has 0 aliphatic rings. The van der Waals surface area contributed by atoms with Gasteiger partial charge in [-0.1, -0.05) is 25.4 Å². The van der Waals surface area contributed by atoms with Gasteiger partial charge in [0.2, 0.25) is 5.15 Å². The van der Waals surface area contributed by atoms with Crippen LogP contribution in [-0.4, -0.2) is 25.8 Å². The monoisotopic (exact) mass is 261 g/mol. The molecule has 0 spiro atoms. The van der Waals surface area contributed by atoms with Crippen LogP contribution in [-0.2, 0) is 17.8 Å². The zero-order chi connectivity index (χ0) is 13.2. The Hall–Kier alpha value is -1.63. The molecule has 94 valence electrons. The van der Waals surface area contributed by atoms with Gasteiger partial charge in [0.25, 0.3) is 0 Å². The first-order chi connectivity index (χ1) is 7.82. The van der Waals surface area contributed by atoms with E-state index in [-0.39, 0.29) is 22.5 Å². The standard InChI is InChI=1S/C9H12ClN3O4/c1-5(2)3-6-8(13(16)17)9(10)12(11-6)4-7(14)15/h5H,3-4H2,1-2H3,(H,14,15). The van der Waals surface area contributed by atoms with Crippen molar-refractivity contribution in [2.24, 2.45) is 5.92 Å². The molecule has 0 unspecified atom stereocenters. The third kappa shape index (κ3) is 3.16. The number of carbonyl (C=O) groups is 1. The normalized spacial score (nSPS) is 10.8. The summed E-state index contributed by atoms with van der Waals surface area (Å²) in [6, 6.07) is 0. The fourth-order valence-electron chi connectivity index (χ4n) is 1.42. The van der Waals surface area contributed by atoms with Crippen LogP contribution in [0, 0.1) is 16.0 Å². The fraction of sp³-hybridized carbons (Fsp3) is 0.556. The maximum absolute atomic E-state index is 10.8. The molecule has 0 fully saturated rings. The molecule has 1 aromatic rings. The topological polar surface area (TPSA) is 98.3 Å². The van der Waals surface area contributed by atoms with Gasteiger partial charge in [0.05, 0.1) is 4.92 Å². The maximum Gasteiger partial charge on any atom is 0.329 e. The van der Waals surface area contributed by atoms with E-state index in [0.29, 0.717) is 6.42 Å². The number of aromatic nitrogens is 2. The van der Waals surface area contributed by atoms with E-state index in [1.165, 1.54) is 0 Å². The van der Waals surface area contributed by atoms with E-state index in [0.717, 1.165) is 4.68 Å². The van der Waals surface area contributed by atoms with Crippen LogP contribution in [0.2, 0.25) is 5.15 Å². The summed E-state index contributed by atoms with van der Waals surface area (Å²) in [6.45, 7) is 3.28. The predicted molar refractivity (Wildman–Crippen MR) is 60.1 cm³/mol. The summed E-state index contributed by atoms with van der Waals surface area (Å²) in [4.78, 5) is 20.8. The van der Waals surface area contributed by atoms with Gasteiger partial charge >= 0.3 is 11.7 Å². The Labute approximate surface area is 102 Å². The van der Waals surface area contributed by atoms with Gasteiger partial charge in [-0.15, -0.1) is 0 Å². The first kappa shape index (κ1) is 13.4. The van der Waals surface area contributed by atoms with Crippen LogP contribution in [0.3, 0.4) is 0 Å². The maximum atomic E-state index is 10.8. The summed E-state index contributed by atoms with van der Waals surface area (Å²) in [7, 11) is 0. The van der Waals surface area contributed by atoms with Crippen LogP contribution in [0.15, 0.2) is 0 Å². The van der Waals surface area contributed by atoms with E-state index in [4.69, 9.17) is 16.7 Å². The SMILES string of the molecule is CC(C)Cc1nn(CC(=O)O)c(Cl)c1[N+](=O)[O-]. The highest BCUT2D eigenvalue weighted by atomic mass is 35.5. The second-order valence-electron chi connectivity index (χ2n) is 3.99. The lowest BCUT2D eigenvalue weighted by molar-refractivity contribution is -0.385. The van der Waals surface area contributed by atoms with Crippen molar-refractivity contribution in [3.05, 3.63) is 21.0 Å². The second kappa shape index (κ2) is 5.13. The van der Waals surface area contributed by atoms with Crippen LogP contribution in [0.1, 0.15) is 19.5 Å². The van der Waals surface area contributed by atoms with E-state index in [2.05, 4.69) is 5.10 Å². The number of aliphatic carboxylic acids is 1. The van der Waals surface area contributed by atoms with Crippen molar-refractivity contribution in [3.8, 4) is 0 Å². The molecule has 1 heterocycles. The molecule has 17 heavy (non-hydrogen) atoms. The second-order valence-corrected chi connectivity index (χ2v) is 4.35. The Morgan fingerprint density at radius 1 is 1.65 bits per heavy atom. The Morgan fingerprint density at radius 2 is 2.24 bits per heavy atom. The first-order valence-corrected chi connectivity index (χ1v) is 5.32. The third-order valence-corrected chi connectivity index (χ3v) is 2.38. The molecule has 0 saturated carbocycles. The van der Waals surface area contributed by atoms with Crippen LogP contribution >= 0.6 is 11.6 Å². The molecule has 7 nitrogen and oxygen atoms in total. The summed E-state index contributed by atoms with van der Waals surface area (Å²) < 4.78 is 0.930. The van der Waals surface area contributed by atoms with E-state index in [1.54, 1.807) is 0 Å². The molecule has 0 aromatic carbocycles. The number of halogens is 1. The summed E-state index contributed by atoms with van der Waals surface area (Å²) in [6.07, 6.45) is 0.378. The summed E-state index contributed by atoms with van der Waals surface area (Å²) in [5.74, 6) is -0.988. The molecule has 0 bridgehead atoms. The van der Waals surface area contributed by atoms with Crippen molar-refractivity contribution in [1.29, 1.82) is 0 Å². The first-order valence-electron chi connectivity index (χ1n) is 4.94. The minimum absolute atomic E-state index is 0.165. The number of rotatable bonds is 5. The van der Waals surface area contributed by atoms with Gasteiger partial charge in [-0.05, 0) is 5.92 Å². The Balaban J connectivity index is 3.19. The average molecular weight is 262 g/mol. The van der Waals surface area contributed by atoms with Crippen LogP contribution in [0.4, 0.5) is 5.69 Å². The lowest BCUT2D eigenvalue weighted by Crippen LogP contribution is -2.10. The smallest absolute Gasteiger partial charge is 0.329 e. The van der Waals surface area contributed by atoms with Gasteiger partial charge in [-0.3, -0.25) is 14.9 Å². The highest BCUT2D eigenvalue weighted by Crippen LogP contribution is 2.29. The zero-order valence-electron chi connectivity index (χ0n) is 9.38. The molecule has 0 radical (unpaired) electrons. The number of hydrogen-bond donors (Lipinski definition) is 1. The molecular formula is C9H12ClN3O4. The van der Waals surface area contributed by atoms with E-state index in [9.17, 15) is 14.9 Å². The van der Waals surface area contributed by atoms with E-state index >= 15 is 0 Å². The molecule has 0 saturated heterocycles. The molecule has 0 amide bonds. The third-order valence-electron chi connectivity index (χ3n) is 2.01. The Morgan fingerprint density at radius 3 is 2.65 bits per heavy atom.